The summed E-state index contributed by atoms with van der Waals surface area (Å²) in [6.45, 7) is 6.41. The highest BCUT2D eigenvalue weighted by Gasteiger charge is 2.25. The molecule has 5 nitrogen and oxygen atoms in total. The van der Waals surface area contributed by atoms with Crippen molar-refractivity contribution in [2.24, 2.45) is 5.92 Å². The normalized spacial score (nSPS) is 15.7. The molecular formula is C18H21ClN4OS2. The second-order valence-corrected chi connectivity index (χ2v) is 8.82. The van der Waals surface area contributed by atoms with Gasteiger partial charge in [-0.1, -0.05) is 52.9 Å². The molecule has 0 bridgehead atoms. The molecule has 1 saturated heterocycles. The third-order valence-electron chi connectivity index (χ3n) is 4.24. The van der Waals surface area contributed by atoms with Gasteiger partial charge in [-0.15, -0.1) is 16.8 Å². The second kappa shape index (κ2) is 9.50. The molecule has 1 aliphatic rings. The van der Waals surface area contributed by atoms with Gasteiger partial charge in [0, 0.05) is 23.2 Å². The molecule has 2 aromatic rings. The van der Waals surface area contributed by atoms with Crippen LogP contribution in [0, 0.1) is 5.92 Å². The minimum absolute atomic E-state index is 0.0321. The summed E-state index contributed by atoms with van der Waals surface area (Å²) in [6, 6.07) is 7.94. The van der Waals surface area contributed by atoms with E-state index in [1.54, 1.807) is 11.8 Å². The summed E-state index contributed by atoms with van der Waals surface area (Å²) in [5, 5.41) is 12.4. The molecule has 1 aromatic carbocycles. The number of rotatable bonds is 7. The van der Waals surface area contributed by atoms with Crippen LogP contribution in [0.3, 0.4) is 0 Å². The van der Waals surface area contributed by atoms with Crippen LogP contribution in [-0.4, -0.2) is 39.8 Å². The summed E-state index contributed by atoms with van der Waals surface area (Å²) < 4.78 is 0.845. The van der Waals surface area contributed by atoms with Crippen molar-refractivity contribution in [3.05, 3.63) is 47.5 Å². The maximum Gasteiger partial charge on any atom is 0.229 e. The van der Waals surface area contributed by atoms with Gasteiger partial charge in [0.15, 0.2) is 4.34 Å². The molecule has 138 valence electrons. The van der Waals surface area contributed by atoms with Gasteiger partial charge >= 0.3 is 0 Å². The van der Waals surface area contributed by atoms with Gasteiger partial charge in [-0.2, -0.15) is 0 Å². The predicted octanol–water partition coefficient (Wildman–Crippen LogP) is 4.32. The van der Waals surface area contributed by atoms with E-state index in [0.717, 1.165) is 47.6 Å². The van der Waals surface area contributed by atoms with E-state index < -0.39 is 0 Å². The van der Waals surface area contributed by atoms with Crippen molar-refractivity contribution < 1.29 is 4.79 Å². The number of aromatic nitrogens is 2. The average molecular weight is 409 g/mol. The third kappa shape index (κ3) is 5.54. The van der Waals surface area contributed by atoms with Crippen molar-refractivity contribution in [1.82, 2.24) is 15.1 Å². The van der Waals surface area contributed by atoms with Gasteiger partial charge in [-0.05, 0) is 43.6 Å². The van der Waals surface area contributed by atoms with E-state index in [0.29, 0.717) is 5.13 Å². The maximum absolute atomic E-state index is 12.5. The lowest BCUT2D eigenvalue weighted by Gasteiger charge is -2.31. The van der Waals surface area contributed by atoms with Gasteiger partial charge in [-0.25, -0.2) is 0 Å². The minimum atomic E-state index is 0.0321. The summed E-state index contributed by atoms with van der Waals surface area (Å²) in [5.41, 5.74) is 1.25. The smallest absolute Gasteiger partial charge is 0.229 e. The number of piperidine rings is 1. The predicted molar refractivity (Wildman–Crippen MR) is 109 cm³/mol. The number of likely N-dealkylation sites (tertiary alicyclic amines) is 1. The zero-order chi connectivity index (χ0) is 18.4. The summed E-state index contributed by atoms with van der Waals surface area (Å²) in [7, 11) is 0. The van der Waals surface area contributed by atoms with Crippen LogP contribution in [0.5, 0.6) is 0 Å². The highest BCUT2D eigenvalue weighted by Crippen LogP contribution is 2.27. The molecule has 0 saturated carbocycles. The zero-order valence-electron chi connectivity index (χ0n) is 14.4. The Morgan fingerprint density at radius 1 is 1.35 bits per heavy atom. The molecule has 3 rings (SSSR count). The van der Waals surface area contributed by atoms with Crippen molar-refractivity contribution in [2.75, 3.05) is 24.2 Å². The van der Waals surface area contributed by atoms with Crippen LogP contribution in [-0.2, 0) is 11.3 Å². The van der Waals surface area contributed by atoms with Gasteiger partial charge in [0.1, 0.15) is 0 Å². The number of hydrogen-bond acceptors (Lipinski definition) is 6. The van der Waals surface area contributed by atoms with Gasteiger partial charge in [-0.3, -0.25) is 9.69 Å². The monoisotopic (exact) mass is 408 g/mol. The van der Waals surface area contributed by atoms with Crippen molar-refractivity contribution in [2.45, 2.75) is 23.7 Å². The number of amides is 1. The molecule has 8 heteroatoms. The number of hydrogen-bond donors (Lipinski definition) is 1. The first-order chi connectivity index (χ1) is 12.6. The lowest BCUT2D eigenvalue weighted by Crippen LogP contribution is -2.37. The summed E-state index contributed by atoms with van der Waals surface area (Å²) >= 11 is 8.90. The Bertz CT molecular complexity index is 742. The van der Waals surface area contributed by atoms with E-state index in [4.69, 9.17) is 11.6 Å². The third-order valence-corrected chi connectivity index (χ3v) is 6.46. The van der Waals surface area contributed by atoms with Crippen molar-refractivity contribution >= 4 is 45.7 Å². The summed E-state index contributed by atoms with van der Waals surface area (Å²) in [5.74, 6) is 0.867. The molecule has 0 radical (unpaired) electrons. The van der Waals surface area contributed by atoms with Crippen LogP contribution >= 0.6 is 34.7 Å². The molecule has 1 N–H and O–H groups in total. The molecule has 2 heterocycles. The number of carbonyl (C=O) groups excluding carboxylic acids is 1. The number of benzene rings is 1. The Kier molecular flexibility index (Phi) is 7.07. The molecule has 0 unspecified atom stereocenters. The van der Waals surface area contributed by atoms with Crippen molar-refractivity contribution in [1.29, 1.82) is 0 Å². The number of nitrogens with one attached hydrogen (secondary N) is 1. The fourth-order valence-electron chi connectivity index (χ4n) is 2.86. The molecule has 1 aromatic heterocycles. The van der Waals surface area contributed by atoms with Crippen LogP contribution in [0.15, 0.2) is 41.3 Å². The average Bonchev–Trinajstić information content (AvgIpc) is 3.10. The molecule has 1 aliphatic heterocycles. The SMILES string of the molecule is C=CCSc1nnc(NC(=O)C2CCN(Cc3ccc(Cl)cc3)CC2)s1. The molecule has 0 atom stereocenters. The lowest BCUT2D eigenvalue weighted by atomic mass is 9.95. The molecule has 0 aliphatic carbocycles. The van der Waals surface area contributed by atoms with E-state index in [2.05, 4.69) is 39.1 Å². The Labute approximate surface area is 166 Å². The Hall–Kier alpha value is -1.41. The number of nitrogens with zero attached hydrogens (tertiary/aromatic N) is 3. The Morgan fingerprint density at radius 3 is 2.77 bits per heavy atom. The van der Waals surface area contributed by atoms with Crippen LogP contribution in [0.2, 0.25) is 5.02 Å². The quantitative estimate of drug-likeness (QED) is 0.420. The van der Waals surface area contributed by atoms with Gasteiger partial charge in [0.05, 0.1) is 0 Å². The second-order valence-electron chi connectivity index (χ2n) is 6.14. The minimum Gasteiger partial charge on any atom is -0.300 e. The van der Waals surface area contributed by atoms with Crippen molar-refractivity contribution in [3.8, 4) is 0 Å². The van der Waals surface area contributed by atoms with E-state index in [1.807, 2.05) is 18.2 Å². The zero-order valence-corrected chi connectivity index (χ0v) is 16.7. The molecule has 1 amide bonds. The lowest BCUT2D eigenvalue weighted by molar-refractivity contribution is -0.121. The van der Waals surface area contributed by atoms with Crippen LogP contribution in [0.25, 0.3) is 0 Å². The van der Waals surface area contributed by atoms with Gasteiger partial charge in [0.25, 0.3) is 0 Å². The maximum atomic E-state index is 12.5. The highest BCUT2D eigenvalue weighted by atomic mass is 35.5. The van der Waals surface area contributed by atoms with E-state index in [1.165, 1.54) is 16.9 Å². The fraction of sp³-hybridized carbons (Fsp3) is 0.389. The van der Waals surface area contributed by atoms with Gasteiger partial charge < -0.3 is 5.32 Å². The first kappa shape index (κ1) is 19.4. The van der Waals surface area contributed by atoms with Crippen LogP contribution in [0.4, 0.5) is 5.13 Å². The molecule has 0 spiro atoms. The largest absolute Gasteiger partial charge is 0.300 e. The number of carbonyl (C=O) groups is 1. The number of halogens is 1. The Balaban J connectivity index is 1.45. The standard InChI is InChI=1S/C18H21ClN4OS2/c1-2-11-25-18-22-21-17(26-18)20-16(24)14-7-9-23(10-8-14)12-13-3-5-15(19)6-4-13/h2-6,14H,1,7-12H2,(H,20,21,24). The fourth-order valence-corrected chi connectivity index (χ4v) is 4.50. The topological polar surface area (TPSA) is 58.1 Å². The van der Waals surface area contributed by atoms with E-state index in [-0.39, 0.29) is 11.8 Å². The number of anilines is 1. The van der Waals surface area contributed by atoms with E-state index in [9.17, 15) is 4.79 Å². The number of thioether (sulfide) groups is 1. The first-order valence-electron chi connectivity index (χ1n) is 8.49. The highest BCUT2D eigenvalue weighted by molar-refractivity contribution is 8.01. The molecule has 1 fully saturated rings. The first-order valence-corrected chi connectivity index (χ1v) is 10.7. The van der Waals surface area contributed by atoms with Crippen LogP contribution < -0.4 is 5.32 Å². The van der Waals surface area contributed by atoms with Crippen LogP contribution in [0.1, 0.15) is 18.4 Å². The molecule has 26 heavy (non-hydrogen) atoms. The van der Waals surface area contributed by atoms with Crippen molar-refractivity contribution in [3.63, 3.8) is 0 Å². The summed E-state index contributed by atoms with van der Waals surface area (Å²) in [6.07, 6.45) is 3.54. The summed E-state index contributed by atoms with van der Waals surface area (Å²) in [4.78, 5) is 14.8. The van der Waals surface area contributed by atoms with E-state index >= 15 is 0 Å². The molecular weight excluding hydrogens is 388 g/mol. The Morgan fingerprint density at radius 2 is 2.08 bits per heavy atom. The van der Waals surface area contributed by atoms with Gasteiger partial charge in [0.2, 0.25) is 11.0 Å².